The molecule has 1 atom stereocenters. The molecule has 1 aliphatic carbocycles. The van der Waals surface area contributed by atoms with E-state index in [9.17, 15) is 24.4 Å². The maximum absolute atomic E-state index is 13.4. The summed E-state index contributed by atoms with van der Waals surface area (Å²) >= 11 is 6.24. The Morgan fingerprint density at radius 1 is 1.02 bits per heavy atom. The summed E-state index contributed by atoms with van der Waals surface area (Å²) in [4.78, 5) is 62.9. The van der Waals surface area contributed by atoms with E-state index < -0.39 is 17.9 Å². The molecular formula is C45H52ClN7O6. The first-order valence-electron chi connectivity index (χ1n) is 20.4. The molecule has 0 bridgehead atoms. The van der Waals surface area contributed by atoms with Crippen LogP contribution in [0.2, 0.25) is 5.02 Å². The number of hydrogen-bond acceptors (Lipinski definition) is 10. The first-order chi connectivity index (χ1) is 28.2. The Morgan fingerprint density at radius 3 is 2.46 bits per heavy atom. The summed E-state index contributed by atoms with van der Waals surface area (Å²) < 4.78 is 12.3. The highest BCUT2D eigenvalue weighted by Gasteiger charge is 2.64. The molecule has 3 fully saturated rings. The van der Waals surface area contributed by atoms with E-state index in [0.29, 0.717) is 71.2 Å². The quantitative estimate of drug-likeness (QED) is 0.151. The number of unbranched alkanes of at least 4 members (excludes halogenated alkanes) is 1. The number of piperidine rings is 1. The van der Waals surface area contributed by atoms with Gasteiger partial charge in [-0.15, -0.1) is 0 Å². The highest BCUT2D eigenvalue weighted by Crippen LogP contribution is 2.55. The number of halogens is 1. The van der Waals surface area contributed by atoms with Crippen molar-refractivity contribution in [3.8, 4) is 11.8 Å². The van der Waals surface area contributed by atoms with Crippen molar-refractivity contribution in [2.45, 2.75) is 78.0 Å². The van der Waals surface area contributed by atoms with Crippen LogP contribution in [0.15, 0.2) is 67.0 Å². The number of ether oxygens (including phenoxy) is 2. The highest BCUT2D eigenvalue weighted by molar-refractivity contribution is 6.31. The van der Waals surface area contributed by atoms with Crippen LogP contribution in [-0.4, -0.2) is 103 Å². The lowest BCUT2D eigenvalue weighted by Gasteiger charge is -2.63. The molecule has 310 valence electrons. The summed E-state index contributed by atoms with van der Waals surface area (Å²) in [7, 11) is 0. The Morgan fingerprint density at radius 2 is 1.78 bits per heavy atom. The van der Waals surface area contributed by atoms with Gasteiger partial charge in [0.25, 0.3) is 17.7 Å². The molecule has 4 amide bonds. The van der Waals surface area contributed by atoms with Crippen molar-refractivity contribution in [3.63, 3.8) is 0 Å². The van der Waals surface area contributed by atoms with E-state index in [-0.39, 0.29) is 34.8 Å². The molecule has 14 heteroatoms. The standard InChI is InChI=1S/C45H52ClN7O6/c1-28-12-16-35(39(55)49-28)53-40(56)33-11-8-10-29(37(33)41(53)57)9-6-7-23-58-24-22-51-18-20-52(21-19-51)36-17-14-31(27-48-36)38(54)50-42-44(2,3)43(45(42,4)5)59-32-15-13-30(26-47)34(46)25-32/h8,10-11,13-15,17,25,27,35,42-43H,1,6-7,9,12,16,18-24H2,2-5H3,(H,49,55)(H,50,54)/t35-,42?,43?/m1/s1. The van der Waals surface area contributed by atoms with Gasteiger partial charge in [-0.3, -0.25) is 29.0 Å². The Balaban J connectivity index is 0.803. The van der Waals surface area contributed by atoms with E-state index in [1.54, 1.807) is 36.5 Å². The average molecular weight is 822 g/mol. The minimum Gasteiger partial charge on any atom is -0.489 e. The predicted molar refractivity (Wildman–Crippen MR) is 223 cm³/mol. The number of hydrogen-bond donors (Lipinski definition) is 2. The van der Waals surface area contributed by atoms with Gasteiger partial charge in [-0.25, -0.2) is 4.98 Å². The first-order valence-corrected chi connectivity index (χ1v) is 20.7. The van der Waals surface area contributed by atoms with Crippen molar-refractivity contribution < 1.29 is 28.7 Å². The molecule has 1 saturated carbocycles. The topological polar surface area (TPSA) is 157 Å². The zero-order valence-corrected chi connectivity index (χ0v) is 34.9. The van der Waals surface area contributed by atoms with Crippen molar-refractivity contribution in [1.29, 1.82) is 5.26 Å². The second-order valence-electron chi connectivity index (χ2n) is 17.1. The van der Waals surface area contributed by atoms with Crippen molar-refractivity contribution in [2.24, 2.45) is 10.8 Å². The second-order valence-corrected chi connectivity index (χ2v) is 17.5. The zero-order chi connectivity index (χ0) is 42.1. The Kier molecular flexibility index (Phi) is 12.2. The molecule has 0 radical (unpaired) electrons. The Labute approximate surface area is 350 Å². The van der Waals surface area contributed by atoms with Crippen LogP contribution in [0.4, 0.5) is 5.82 Å². The number of carbonyl (C=O) groups excluding carboxylic acids is 4. The van der Waals surface area contributed by atoms with Crippen LogP contribution in [0.1, 0.15) is 95.6 Å². The lowest BCUT2D eigenvalue weighted by atomic mass is 9.49. The minimum atomic E-state index is -0.819. The molecule has 0 unspecified atom stereocenters. The number of carbonyl (C=O) groups is 4. The van der Waals surface area contributed by atoms with Gasteiger partial charge in [-0.05, 0) is 68.0 Å². The van der Waals surface area contributed by atoms with Gasteiger partial charge in [0.15, 0.2) is 0 Å². The molecule has 0 spiro atoms. The SMILES string of the molecule is C=C1CC[C@@H](N2C(=O)c3cccc(CCCCOCCN4CCN(c5ccc(C(=O)NC6C(C)(C)C(Oc7ccc(C#N)c(Cl)c7)C6(C)C)cn5)CC4)c3C2=O)C(=O)N1. The fourth-order valence-corrected chi connectivity index (χ4v) is 9.62. The number of rotatable bonds is 14. The third-order valence-electron chi connectivity index (χ3n) is 12.3. The van der Waals surface area contributed by atoms with Crippen molar-refractivity contribution in [2.75, 3.05) is 50.8 Å². The van der Waals surface area contributed by atoms with Crippen LogP contribution in [0.3, 0.4) is 0 Å². The molecule has 2 aromatic carbocycles. The number of fused-ring (bicyclic) bond motifs is 1. The number of imide groups is 1. The first kappa shape index (κ1) is 41.9. The Bertz CT molecular complexity index is 2160. The second kappa shape index (κ2) is 17.1. The molecule has 2 N–H and O–H groups in total. The number of aryl methyl sites for hydroxylation is 1. The van der Waals surface area contributed by atoms with Crippen LogP contribution in [0.5, 0.6) is 5.75 Å². The molecule has 1 aromatic heterocycles. The number of nitrogens with zero attached hydrogens (tertiary/aromatic N) is 5. The van der Waals surface area contributed by atoms with Crippen LogP contribution in [0, 0.1) is 22.2 Å². The average Bonchev–Trinajstić information content (AvgIpc) is 3.47. The lowest BCUT2D eigenvalue weighted by Crippen LogP contribution is -2.74. The van der Waals surface area contributed by atoms with Gasteiger partial charge in [-0.2, -0.15) is 5.26 Å². The fourth-order valence-electron chi connectivity index (χ4n) is 9.41. The number of aromatic nitrogens is 1. The van der Waals surface area contributed by atoms with Crippen molar-refractivity contribution in [3.05, 3.63) is 99.8 Å². The van der Waals surface area contributed by atoms with Crippen LogP contribution < -0.4 is 20.3 Å². The van der Waals surface area contributed by atoms with E-state index in [1.807, 2.05) is 18.2 Å². The highest BCUT2D eigenvalue weighted by atomic mass is 35.5. The normalized spacial score (nSPS) is 22.3. The Hall–Kier alpha value is -5.29. The molecule has 4 aliphatic rings. The van der Waals surface area contributed by atoms with Crippen LogP contribution in [-0.2, 0) is 16.0 Å². The molecular weight excluding hydrogens is 770 g/mol. The molecule has 13 nitrogen and oxygen atoms in total. The number of amides is 4. The predicted octanol–water partition coefficient (Wildman–Crippen LogP) is 5.77. The number of nitriles is 1. The fraction of sp³-hybridized carbons (Fsp3) is 0.467. The summed E-state index contributed by atoms with van der Waals surface area (Å²) in [5.41, 5.74) is 2.36. The van der Waals surface area contributed by atoms with E-state index in [1.165, 1.54) is 0 Å². The van der Waals surface area contributed by atoms with Gasteiger partial charge in [0.1, 0.15) is 29.8 Å². The summed E-state index contributed by atoms with van der Waals surface area (Å²) in [6, 6.07) is 15.2. The molecule has 7 rings (SSSR count). The third kappa shape index (κ3) is 8.44. The molecule has 3 aromatic rings. The maximum Gasteiger partial charge on any atom is 0.262 e. The van der Waals surface area contributed by atoms with Gasteiger partial charge >= 0.3 is 0 Å². The number of nitrogens with one attached hydrogen (secondary N) is 2. The van der Waals surface area contributed by atoms with E-state index >= 15 is 0 Å². The summed E-state index contributed by atoms with van der Waals surface area (Å²) in [5, 5.41) is 15.5. The lowest BCUT2D eigenvalue weighted by molar-refractivity contribution is -0.164. The van der Waals surface area contributed by atoms with Gasteiger partial charge in [0.05, 0.1) is 33.9 Å². The third-order valence-corrected chi connectivity index (χ3v) is 12.7. The van der Waals surface area contributed by atoms with Gasteiger partial charge in [0, 0.05) is 74.2 Å². The van der Waals surface area contributed by atoms with Crippen LogP contribution in [0.25, 0.3) is 0 Å². The van der Waals surface area contributed by atoms with Gasteiger partial charge < -0.3 is 25.0 Å². The largest absolute Gasteiger partial charge is 0.489 e. The van der Waals surface area contributed by atoms with E-state index in [4.69, 9.17) is 21.1 Å². The minimum absolute atomic E-state index is 0.152. The molecule has 59 heavy (non-hydrogen) atoms. The van der Waals surface area contributed by atoms with Crippen molar-refractivity contribution in [1.82, 2.24) is 25.4 Å². The van der Waals surface area contributed by atoms with E-state index in [0.717, 1.165) is 61.8 Å². The maximum atomic E-state index is 13.4. The zero-order valence-electron chi connectivity index (χ0n) is 34.2. The summed E-state index contributed by atoms with van der Waals surface area (Å²) in [6.07, 6.45) is 4.61. The molecule has 2 saturated heterocycles. The summed E-state index contributed by atoms with van der Waals surface area (Å²) in [6.45, 7) is 17.5. The smallest absolute Gasteiger partial charge is 0.262 e. The number of pyridine rings is 1. The number of allylic oxidation sites excluding steroid dienone is 1. The van der Waals surface area contributed by atoms with E-state index in [2.05, 4.69) is 65.8 Å². The molecule has 4 heterocycles. The number of piperazine rings is 1. The van der Waals surface area contributed by atoms with Gasteiger partial charge in [-0.1, -0.05) is 58.0 Å². The van der Waals surface area contributed by atoms with Gasteiger partial charge in [0.2, 0.25) is 5.91 Å². The van der Waals surface area contributed by atoms with Crippen LogP contribution >= 0.6 is 11.6 Å². The summed E-state index contributed by atoms with van der Waals surface area (Å²) in [5.74, 6) is 0.0750. The number of anilines is 1. The monoisotopic (exact) mass is 821 g/mol. The molecule has 3 aliphatic heterocycles. The van der Waals surface area contributed by atoms with Crippen molar-refractivity contribution >= 4 is 41.0 Å². The number of benzene rings is 2.